The maximum atomic E-state index is 12.0. The number of methoxy groups -OCH3 is 1. The van der Waals surface area contributed by atoms with E-state index in [1.165, 1.54) is 19.2 Å². The first-order valence-corrected chi connectivity index (χ1v) is 8.85. The van der Waals surface area contributed by atoms with Crippen LogP contribution in [0, 0.1) is 24.0 Å². The van der Waals surface area contributed by atoms with Crippen molar-refractivity contribution in [3.63, 3.8) is 0 Å². The number of carbonyl (C=O) groups excluding carboxylic acids is 3. The number of aryl methyl sites for hydroxylation is 2. The van der Waals surface area contributed by atoms with Gasteiger partial charge in [0.15, 0.2) is 12.4 Å². The number of nitro groups is 1. The van der Waals surface area contributed by atoms with Crippen LogP contribution in [-0.4, -0.2) is 43.0 Å². The van der Waals surface area contributed by atoms with Crippen molar-refractivity contribution in [2.24, 2.45) is 0 Å². The molecule has 0 aliphatic rings. The number of rotatable bonds is 8. The number of nitro benzene ring substituents is 1. The van der Waals surface area contributed by atoms with Crippen molar-refractivity contribution in [1.29, 1.82) is 0 Å². The maximum Gasteiger partial charge on any atom is 0.338 e. The number of amides is 2. The minimum Gasteiger partial charge on any atom is -0.490 e. The van der Waals surface area contributed by atoms with Gasteiger partial charge in [0.25, 0.3) is 5.91 Å². The number of nitrogens with one attached hydrogen (secondary N) is 2. The van der Waals surface area contributed by atoms with Gasteiger partial charge in [-0.1, -0.05) is 18.2 Å². The predicted molar refractivity (Wildman–Crippen MR) is 107 cm³/mol. The van der Waals surface area contributed by atoms with Crippen LogP contribution in [0.25, 0.3) is 0 Å². The zero-order chi connectivity index (χ0) is 22.3. The molecule has 0 heterocycles. The van der Waals surface area contributed by atoms with Gasteiger partial charge in [0.2, 0.25) is 5.91 Å². The topological polar surface area (TPSA) is 137 Å². The molecule has 0 spiro atoms. The summed E-state index contributed by atoms with van der Waals surface area (Å²) in [5, 5.41) is 16.1. The second-order valence-electron chi connectivity index (χ2n) is 6.31. The number of hydrogen-bond donors (Lipinski definition) is 2. The largest absolute Gasteiger partial charge is 0.490 e. The minimum absolute atomic E-state index is 0.0100. The zero-order valence-corrected chi connectivity index (χ0v) is 16.7. The average molecular weight is 415 g/mol. The Bertz CT molecular complexity index is 968. The fraction of sp³-hybridized carbons (Fsp3) is 0.250. The van der Waals surface area contributed by atoms with Crippen molar-refractivity contribution in [2.45, 2.75) is 13.8 Å². The summed E-state index contributed by atoms with van der Waals surface area (Å²) < 4.78 is 9.70. The number of carbonyl (C=O) groups is 3. The molecule has 0 fully saturated rings. The highest BCUT2D eigenvalue weighted by atomic mass is 16.6. The lowest BCUT2D eigenvalue weighted by Gasteiger charge is -2.12. The van der Waals surface area contributed by atoms with Gasteiger partial charge in [-0.15, -0.1) is 0 Å². The first-order chi connectivity index (χ1) is 14.2. The highest BCUT2D eigenvalue weighted by molar-refractivity contribution is 5.96. The van der Waals surface area contributed by atoms with E-state index >= 15 is 0 Å². The molecule has 0 saturated heterocycles. The Labute approximate surface area is 172 Å². The lowest BCUT2D eigenvalue weighted by Crippen LogP contribution is -2.35. The minimum atomic E-state index is -0.920. The van der Waals surface area contributed by atoms with E-state index in [1.807, 2.05) is 32.0 Å². The normalized spacial score (nSPS) is 10.1. The third-order valence-electron chi connectivity index (χ3n) is 4.14. The molecule has 158 valence electrons. The SMILES string of the molecule is COc1ccc(C(=O)OCC(=O)NCC(=O)Nc2c(C)cccc2C)cc1[N+](=O)[O-]. The summed E-state index contributed by atoms with van der Waals surface area (Å²) in [6, 6.07) is 9.11. The number of benzene rings is 2. The van der Waals surface area contributed by atoms with Crippen molar-refractivity contribution in [3.05, 3.63) is 63.2 Å². The molecule has 0 atom stereocenters. The quantitative estimate of drug-likeness (QED) is 0.383. The van der Waals surface area contributed by atoms with Gasteiger partial charge < -0.3 is 20.1 Å². The number of esters is 1. The van der Waals surface area contributed by atoms with E-state index in [1.54, 1.807) is 0 Å². The van der Waals surface area contributed by atoms with Crippen molar-refractivity contribution in [2.75, 3.05) is 25.6 Å². The highest BCUT2D eigenvalue weighted by Gasteiger charge is 2.19. The average Bonchev–Trinajstić information content (AvgIpc) is 2.72. The molecule has 0 bridgehead atoms. The molecule has 0 unspecified atom stereocenters. The molecule has 0 aliphatic heterocycles. The standard InChI is InChI=1S/C20H21N3O7/c1-12-5-4-6-13(2)19(12)22-17(24)10-21-18(25)11-30-20(26)14-7-8-16(29-3)15(9-14)23(27)28/h4-9H,10-11H2,1-3H3,(H,21,25)(H,22,24). The van der Waals surface area contributed by atoms with Crippen molar-refractivity contribution in [1.82, 2.24) is 5.32 Å². The highest BCUT2D eigenvalue weighted by Crippen LogP contribution is 2.27. The molecule has 2 aromatic carbocycles. The fourth-order valence-electron chi connectivity index (χ4n) is 2.60. The molecule has 2 N–H and O–H groups in total. The van der Waals surface area contributed by atoms with Crippen LogP contribution in [-0.2, 0) is 14.3 Å². The Hall–Kier alpha value is -3.95. The van der Waals surface area contributed by atoms with E-state index in [2.05, 4.69) is 10.6 Å². The second kappa shape index (κ2) is 10.0. The van der Waals surface area contributed by atoms with Gasteiger partial charge in [-0.25, -0.2) is 4.79 Å². The molecular weight excluding hydrogens is 394 g/mol. The molecule has 0 aliphatic carbocycles. The third kappa shape index (κ3) is 5.77. The van der Waals surface area contributed by atoms with Crippen molar-refractivity contribution in [3.8, 4) is 5.75 Å². The van der Waals surface area contributed by atoms with E-state index in [0.29, 0.717) is 5.69 Å². The van der Waals surface area contributed by atoms with Crippen LogP contribution in [0.2, 0.25) is 0 Å². The number of anilines is 1. The molecule has 2 amide bonds. The van der Waals surface area contributed by atoms with Crippen LogP contribution in [0.5, 0.6) is 5.75 Å². The van der Waals surface area contributed by atoms with Crippen LogP contribution in [0.4, 0.5) is 11.4 Å². The summed E-state index contributed by atoms with van der Waals surface area (Å²) in [4.78, 5) is 46.2. The summed E-state index contributed by atoms with van der Waals surface area (Å²) in [7, 11) is 1.27. The summed E-state index contributed by atoms with van der Waals surface area (Å²) in [6.45, 7) is 2.75. The van der Waals surface area contributed by atoms with Gasteiger partial charge in [-0.05, 0) is 37.1 Å². The van der Waals surface area contributed by atoms with Gasteiger partial charge in [0.1, 0.15) is 0 Å². The Balaban J connectivity index is 1.86. The Morgan fingerprint density at radius 2 is 1.73 bits per heavy atom. The smallest absolute Gasteiger partial charge is 0.338 e. The van der Waals surface area contributed by atoms with Crippen LogP contribution >= 0.6 is 0 Å². The van der Waals surface area contributed by atoms with E-state index in [-0.39, 0.29) is 17.9 Å². The number of para-hydroxylation sites is 1. The first-order valence-electron chi connectivity index (χ1n) is 8.85. The third-order valence-corrected chi connectivity index (χ3v) is 4.14. The van der Waals surface area contributed by atoms with Crippen LogP contribution < -0.4 is 15.4 Å². The van der Waals surface area contributed by atoms with Gasteiger partial charge in [-0.2, -0.15) is 0 Å². The van der Waals surface area contributed by atoms with Gasteiger partial charge in [0, 0.05) is 11.8 Å². The summed E-state index contributed by atoms with van der Waals surface area (Å²) in [5.41, 5.74) is 1.93. The van der Waals surface area contributed by atoms with Crippen molar-refractivity contribution >= 4 is 29.2 Å². The molecule has 0 saturated carbocycles. The summed E-state index contributed by atoms with van der Waals surface area (Å²) in [5.74, 6) is -2.05. The van der Waals surface area contributed by atoms with E-state index in [4.69, 9.17) is 9.47 Å². The van der Waals surface area contributed by atoms with Crippen LogP contribution in [0.15, 0.2) is 36.4 Å². The van der Waals surface area contributed by atoms with Crippen LogP contribution in [0.1, 0.15) is 21.5 Å². The number of nitrogens with zero attached hydrogens (tertiary/aromatic N) is 1. The molecule has 30 heavy (non-hydrogen) atoms. The Kier molecular flexibility index (Phi) is 7.45. The molecule has 2 aromatic rings. The van der Waals surface area contributed by atoms with Crippen molar-refractivity contribution < 1.29 is 28.8 Å². The van der Waals surface area contributed by atoms with E-state index < -0.39 is 35.0 Å². The number of hydrogen-bond acceptors (Lipinski definition) is 7. The molecule has 10 nitrogen and oxygen atoms in total. The van der Waals surface area contributed by atoms with Crippen LogP contribution in [0.3, 0.4) is 0 Å². The van der Waals surface area contributed by atoms with E-state index in [9.17, 15) is 24.5 Å². The predicted octanol–water partition coefficient (Wildman–Crippen LogP) is 2.13. The maximum absolute atomic E-state index is 12.0. The Morgan fingerprint density at radius 1 is 1.07 bits per heavy atom. The first kappa shape index (κ1) is 22.3. The molecule has 10 heteroatoms. The lowest BCUT2D eigenvalue weighted by atomic mass is 10.1. The number of ether oxygens (including phenoxy) is 2. The summed E-state index contributed by atoms with van der Waals surface area (Å²) >= 11 is 0. The molecule has 0 radical (unpaired) electrons. The van der Waals surface area contributed by atoms with Gasteiger partial charge in [0.05, 0.1) is 24.1 Å². The molecule has 2 rings (SSSR count). The van der Waals surface area contributed by atoms with Gasteiger partial charge >= 0.3 is 11.7 Å². The zero-order valence-electron chi connectivity index (χ0n) is 16.7. The monoisotopic (exact) mass is 415 g/mol. The van der Waals surface area contributed by atoms with Gasteiger partial charge in [-0.3, -0.25) is 19.7 Å². The molecular formula is C20H21N3O7. The molecule has 0 aromatic heterocycles. The van der Waals surface area contributed by atoms with E-state index in [0.717, 1.165) is 17.2 Å². The fourth-order valence-corrected chi connectivity index (χ4v) is 2.60. The lowest BCUT2D eigenvalue weighted by molar-refractivity contribution is -0.385. The summed E-state index contributed by atoms with van der Waals surface area (Å²) in [6.07, 6.45) is 0. The second-order valence-corrected chi connectivity index (χ2v) is 6.31. The Morgan fingerprint density at radius 3 is 2.33 bits per heavy atom.